The molecule has 0 bridgehead atoms. The Labute approximate surface area is 245 Å². The van der Waals surface area contributed by atoms with Crippen LogP contribution in [0.5, 0.6) is 5.06 Å². The van der Waals surface area contributed by atoms with Crippen molar-refractivity contribution in [2.24, 2.45) is 5.41 Å². The van der Waals surface area contributed by atoms with E-state index < -0.39 is 37.1 Å². The van der Waals surface area contributed by atoms with Crippen LogP contribution in [0.3, 0.4) is 0 Å². The average Bonchev–Trinajstić information content (AvgIpc) is 3.66. The van der Waals surface area contributed by atoms with Crippen LogP contribution in [0.25, 0.3) is 0 Å². The van der Waals surface area contributed by atoms with Crippen molar-refractivity contribution in [3.8, 4) is 5.06 Å². The van der Waals surface area contributed by atoms with Crippen molar-refractivity contribution in [1.82, 2.24) is 30.0 Å². The highest BCUT2D eigenvalue weighted by molar-refractivity contribution is 7.84. The van der Waals surface area contributed by atoms with Crippen LogP contribution < -0.4 is 24.8 Å². The molecule has 3 unspecified atom stereocenters. The number of fused-ring (bicyclic) bond motifs is 2. The highest BCUT2D eigenvalue weighted by Crippen LogP contribution is 2.61. The van der Waals surface area contributed by atoms with Crippen molar-refractivity contribution in [2.75, 3.05) is 26.2 Å². The third kappa shape index (κ3) is 4.83. The molecule has 2 spiro atoms. The summed E-state index contributed by atoms with van der Waals surface area (Å²) in [5.74, 6) is 0.796. The number of oxazole rings is 1. The summed E-state index contributed by atoms with van der Waals surface area (Å²) in [6, 6.07) is -0.438. The van der Waals surface area contributed by atoms with E-state index in [-0.39, 0.29) is 23.4 Å². The lowest BCUT2D eigenvalue weighted by Gasteiger charge is -2.45. The molecule has 5 atom stereocenters. The molecule has 222 valence electrons. The van der Waals surface area contributed by atoms with Gasteiger partial charge >= 0.3 is 0 Å². The van der Waals surface area contributed by atoms with Gasteiger partial charge < -0.3 is 19.8 Å². The van der Waals surface area contributed by atoms with Crippen molar-refractivity contribution in [1.29, 1.82) is 0 Å². The number of hydrogen-bond acceptors (Lipinski definition) is 9. The summed E-state index contributed by atoms with van der Waals surface area (Å²) in [5, 5.41) is 7.77. The fourth-order valence-electron chi connectivity index (χ4n) is 7.00. The molecular formula is C27H42N6O4S3. The first-order valence-corrected chi connectivity index (χ1v) is 17.5. The van der Waals surface area contributed by atoms with Gasteiger partial charge in [0.2, 0.25) is 0 Å². The number of aromatic nitrogens is 2. The second kappa shape index (κ2) is 10.5. The number of nitrogens with zero attached hydrogens (tertiary/aromatic N) is 2. The van der Waals surface area contributed by atoms with E-state index in [0.717, 1.165) is 74.1 Å². The molecule has 1 aliphatic carbocycles. The predicted molar refractivity (Wildman–Crippen MR) is 158 cm³/mol. The molecule has 3 aliphatic heterocycles. The van der Waals surface area contributed by atoms with Gasteiger partial charge in [0.05, 0.1) is 48.7 Å². The molecule has 0 radical (unpaired) electrons. The molecular weight excluding hydrogens is 569 g/mol. The maximum Gasteiger partial charge on any atom is 0.199 e. The van der Waals surface area contributed by atoms with E-state index >= 15 is 0 Å². The van der Waals surface area contributed by atoms with Gasteiger partial charge in [-0.2, -0.15) is 0 Å². The van der Waals surface area contributed by atoms with Crippen LogP contribution in [0.4, 0.5) is 0 Å². The molecule has 2 aromatic rings. The molecule has 0 saturated carbocycles. The first-order valence-electron chi connectivity index (χ1n) is 14.3. The van der Waals surface area contributed by atoms with Crippen LogP contribution >= 0.6 is 11.3 Å². The molecule has 40 heavy (non-hydrogen) atoms. The fraction of sp³-hybridized carbons (Fsp3) is 0.778. The van der Waals surface area contributed by atoms with Gasteiger partial charge in [-0.25, -0.2) is 27.8 Å². The number of hydrogen-bond donors (Lipinski definition) is 4. The van der Waals surface area contributed by atoms with Gasteiger partial charge in [0.1, 0.15) is 23.1 Å². The van der Waals surface area contributed by atoms with E-state index in [0.29, 0.717) is 6.42 Å². The summed E-state index contributed by atoms with van der Waals surface area (Å²) in [4.78, 5) is 9.33. The van der Waals surface area contributed by atoms with Gasteiger partial charge in [0, 0.05) is 24.2 Å². The summed E-state index contributed by atoms with van der Waals surface area (Å²) in [5.41, 5.74) is 2.93. The first-order chi connectivity index (χ1) is 19.0. The molecule has 13 heteroatoms. The van der Waals surface area contributed by atoms with Crippen molar-refractivity contribution in [3.63, 3.8) is 0 Å². The highest BCUT2D eigenvalue weighted by Gasteiger charge is 2.59. The molecule has 6 rings (SSSR count). The van der Waals surface area contributed by atoms with E-state index in [9.17, 15) is 8.42 Å². The number of nitrogens with one attached hydrogen (secondary N) is 4. The summed E-state index contributed by atoms with van der Waals surface area (Å²) < 4.78 is 46.1. The van der Waals surface area contributed by atoms with Gasteiger partial charge in [-0.15, -0.1) is 0 Å². The molecule has 2 fully saturated rings. The van der Waals surface area contributed by atoms with Crippen LogP contribution in [-0.2, 0) is 22.0 Å². The van der Waals surface area contributed by atoms with Gasteiger partial charge in [0.25, 0.3) is 0 Å². The minimum absolute atomic E-state index is 0.0149. The Morgan fingerprint density at radius 3 is 2.27 bits per heavy atom. The van der Waals surface area contributed by atoms with Crippen LogP contribution in [-0.4, -0.2) is 59.7 Å². The molecule has 0 amide bonds. The summed E-state index contributed by atoms with van der Waals surface area (Å²) in [6.45, 7) is 13.5. The zero-order valence-corrected chi connectivity index (χ0v) is 26.5. The van der Waals surface area contributed by atoms with E-state index in [1.807, 2.05) is 26.3 Å². The van der Waals surface area contributed by atoms with Gasteiger partial charge in [-0.1, -0.05) is 11.3 Å². The maximum absolute atomic E-state index is 14.3. The van der Waals surface area contributed by atoms with Crippen LogP contribution in [0, 0.1) is 5.41 Å². The number of piperidine rings is 2. The lowest BCUT2D eigenvalue weighted by Crippen LogP contribution is -2.54. The van der Waals surface area contributed by atoms with E-state index in [1.165, 1.54) is 17.7 Å². The Bertz CT molecular complexity index is 1280. The van der Waals surface area contributed by atoms with Crippen LogP contribution in [0.2, 0.25) is 0 Å². The minimum Gasteiger partial charge on any atom is -0.474 e. The molecule has 5 heterocycles. The maximum atomic E-state index is 14.3. The van der Waals surface area contributed by atoms with Gasteiger partial charge in [-0.3, -0.25) is 0 Å². The highest BCUT2D eigenvalue weighted by atomic mass is 32.2. The zero-order valence-electron chi connectivity index (χ0n) is 24.0. The monoisotopic (exact) mass is 610 g/mol. The fourth-order valence-corrected chi connectivity index (χ4v) is 9.86. The summed E-state index contributed by atoms with van der Waals surface area (Å²) in [7, 11) is -2.67. The van der Waals surface area contributed by atoms with Crippen molar-refractivity contribution >= 4 is 33.3 Å². The number of rotatable bonds is 7. The zero-order chi connectivity index (χ0) is 28.3. The third-order valence-electron chi connectivity index (χ3n) is 9.33. The van der Waals surface area contributed by atoms with Gasteiger partial charge in [0.15, 0.2) is 11.5 Å². The molecule has 2 aromatic heterocycles. The van der Waals surface area contributed by atoms with Crippen LogP contribution in [0.15, 0.2) is 16.3 Å². The summed E-state index contributed by atoms with van der Waals surface area (Å²) in [6.07, 6.45) is 5.62. The van der Waals surface area contributed by atoms with Crippen molar-refractivity contribution in [3.05, 3.63) is 29.1 Å². The Kier molecular flexibility index (Phi) is 7.58. The Morgan fingerprint density at radius 1 is 0.950 bits per heavy atom. The number of ether oxygens (including phenoxy) is 1. The Hall–Kier alpha value is -1.22. The number of thiazole rings is 1. The third-order valence-corrected chi connectivity index (χ3v) is 13.2. The SMILES string of the molecule is CC(C)(C)S(=O)N[C@@H]1c2ocnc2C(CC(C)(C)S(=O)N[C@@H]2c3ncsc3OC23CCNCC3)C12CCNCC2. The van der Waals surface area contributed by atoms with Crippen molar-refractivity contribution < 1.29 is 17.6 Å². The average molecular weight is 611 g/mol. The molecule has 10 nitrogen and oxygen atoms in total. The molecule has 4 aliphatic rings. The van der Waals surface area contributed by atoms with E-state index in [2.05, 4.69) is 38.9 Å². The second-order valence-corrected chi connectivity index (χ2v) is 18.0. The quantitative estimate of drug-likeness (QED) is 0.376. The normalized spacial score (nSPS) is 28.8. The smallest absolute Gasteiger partial charge is 0.199 e. The van der Waals surface area contributed by atoms with Gasteiger partial charge in [-0.05, 0) is 80.1 Å². The van der Waals surface area contributed by atoms with Crippen molar-refractivity contribution in [2.45, 2.75) is 99.8 Å². The molecule has 4 N–H and O–H groups in total. The van der Waals surface area contributed by atoms with Crippen LogP contribution in [0.1, 0.15) is 102 Å². The lowest BCUT2D eigenvalue weighted by atomic mass is 9.66. The standard InChI is InChI=1S/C27H42N6O4S3/c1-24(2,3)39(34)33-22-20-18(30-15-36-20)17(26(22)6-10-28-11-7-26)14-25(4,5)40(35)32-21-19-23(38-16-31-19)37-27(21)8-12-29-13-9-27/h15-17,21-22,28-29,32-33H,6-14H2,1-5H3/t17?,21-,22-,39?,40?/m1/s1. The van der Waals surface area contributed by atoms with E-state index in [4.69, 9.17) is 14.1 Å². The molecule has 0 aromatic carbocycles. The predicted octanol–water partition coefficient (Wildman–Crippen LogP) is 3.37. The topological polar surface area (TPSA) is 130 Å². The van der Waals surface area contributed by atoms with E-state index in [1.54, 1.807) is 0 Å². The largest absolute Gasteiger partial charge is 0.474 e. The second-order valence-electron chi connectivity index (χ2n) is 13.3. The Morgan fingerprint density at radius 2 is 1.60 bits per heavy atom. The summed E-state index contributed by atoms with van der Waals surface area (Å²) >= 11 is 1.51. The Balaban J connectivity index is 1.28. The minimum atomic E-state index is -1.40. The first kappa shape index (κ1) is 28.9. The lowest BCUT2D eigenvalue weighted by molar-refractivity contribution is 0.0343. The molecule has 2 saturated heterocycles.